The van der Waals surface area contributed by atoms with Gasteiger partial charge in [-0.05, 0) is 59.9 Å². The molecule has 9 heteroatoms. The van der Waals surface area contributed by atoms with Gasteiger partial charge in [0.15, 0.2) is 0 Å². The Hall–Kier alpha value is -2.16. The Balaban J connectivity index is 1.20. The zero-order valence-corrected chi connectivity index (χ0v) is 16.6. The van der Waals surface area contributed by atoms with E-state index in [9.17, 15) is 9.18 Å². The zero-order chi connectivity index (χ0) is 19.3. The van der Waals surface area contributed by atoms with Crippen molar-refractivity contribution in [3.05, 3.63) is 30.1 Å². The largest absolute Gasteiger partial charge is 0.371 e. The average Bonchev–Trinajstić information content (AvgIpc) is 3.46. The van der Waals surface area contributed by atoms with Gasteiger partial charge in [0.2, 0.25) is 11.1 Å². The first-order valence-corrected chi connectivity index (χ1v) is 10.9. The molecule has 1 aliphatic carbocycles. The van der Waals surface area contributed by atoms with E-state index in [2.05, 4.69) is 25.7 Å². The molecule has 7 nitrogen and oxygen atoms in total. The van der Waals surface area contributed by atoms with Crippen LogP contribution in [0.2, 0.25) is 0 Å². The van der Waals surface area contributed by atoms with Gasteiger partial charge in [-0.25, -0.2) is 9.07 Å². The summed E-state index contributed by atoms with van der Waals surface area (Å²) in [5.41, 5.74) is 1.03. The van der Waals surface area contributed by atoms with Crippen LogP contribution in [0.5, 0.6) is 0 Å². The highest BCUT2D eigenvalue weighted by Crippen LogP contribution is 2.31. The Labute approximate surface area is 168 Å². The van der Waals surface area contributed by atoms with Crippen LogP contribution in [0.4, 0.5) is 10.1 Å². The Morgan fingerprint density at radius 3 is 2.79 bits per heavy atom. The SMILES string of the molecule is O=C(CSc1nnnn1C1CCCC1)NCC1CCN(c2ccc(F)cc2)C1. The first-order chi connectivity index (χ1) is 13.7. The zero-order valence-electron chi connectivity index (χ0n) is 15.8. The molecule has 1 N–H and O–H groups in total. The van der Waals surface area contributed by atoms with E-state index in [0.717, 1.165) is 43.2 Å². The van der Waals surface area contributed by atoms with Gasteiger partial charge in [-0.1, -0.05) is 24.6 Å². The van der Waals surface area contributed by atoms with Gasteiger partial charge >= 0.3 is 0 Å². The molecule has 1 aromatic carbocycles. The van der Waals surface area contributed by atoms with Crippen LogP contribution < -0.4 is 10.2 Å². The fourth-order valence-corrected chi connectivity index (χ4v) is 4.76. The van der Waals surface area contributed by atoms with Crippen LogP contribution >= 0.6 is 11.8 Å². The van der Waals surface area contributed by atoms with Crippen LogP contribution in [0.3, 0.4) is 0 Å². The number of thioether (sulfide) groups is 1. The number of tetrazole rings is 1. The van der Waals surface area contributed by atoms with Gasteiger partial charge in [0.05, 0.1) is 11.8 Å². The van der Waals surface area contributed by atoms with E-state index in [1.165, 1.54) is 36.7 Å². The maximum absolute atomic E-state index is 13.1. The number of rotatable bonds is 7. The number of carbonyl (C=O) groups is 1. The quantitative estimate of drug-likeness (QED) is 0.715. The summed E-state index contributed by atoms with van der Waals surface area (Å²) < 4.78 is 14.9. The molecular weight excluding hydrogens is 379 g/mol. The first kappa shape index (κ1) is 19.2. The topological polar surface area (TPSA) is 75.9 Å². The molecule has 1 amide bonds. The number of carbonyl (C=O) groups excluding carboxylic acids is 1. The van der Waals surface area contributed by atoms with Crippen LogP contribution in [0.25, 0.3) is 0 Å². The molecule has 1 unspecified atom stereocenters. The van der Waals surface area contributed by atoms with Crippen molar-refractivity contribution in [2.75, 3.05) is 30.3 Å². The van der Waals surface area contributed by atoms with Gasteiger partial charge in [0, 0.05) is 25.3 Å². The Morgan fingerprint density at radius 2 is 2.00 bits per heavy atom. The molecule has 1 saturated carbocycles. The van der Waals surface area contributed by atoms with Crippen molar-refractivity contribution in [1.29, 1.82) is 0 Å². The number of halogens is 1. The number of benzene rings is 1. The molecule has 28 heavy (non-hydrogen) atoms. The summed E-state index contributed by atoms with van der Waals surface area (Å²) in [5.74, 6) is 0.513. The molecule has 1 atom stereocenters. The van der Waals surface area contributed by atoms with E-state index in [0.29, 0.717) is 24.3 Å². The summed E-state index contributed by atoms with van der Waals surface area (Å²) in [4.78, 5) is 14.5. The maximum Gasteiger partial charge on any atom is 0.230 e. The van der Waals surface area contributed by atoms with Crippen molar-refractivity contribution in [2.45, 2.75) is 43.3 Å². The van der Waals surface area contributed by atoms with Crippen molar-refractivity contribution in [1.82, 2.24) is 25.5 Å². The number of amides is 1. The minimum Gasteiger partial charge on any atom is -0.371 e. The fraction of sp³-hybridized carbons (Fsp3) is 0.579. The standard InChI is InChI=1S/C19H25FN6OS/c20-15-5-7-16(8-6-15)25-10-9-14(12-25)11-21-18(27)13-28-19-22-23-24-26(19)17-3-1-2-4-17/h5-8,14,17H,1-4,9-13H2,(H,21,27). The van der Waals surface area contributed by atoms with Gasteiger partial charge < -0.3 is 10.2 Å². The molecule has 0 bridgehead atoms. The van der Waals surface area contributed by atoms with Crippen LogP contribution in [0.15, 0.2) is 29.4 Å². The number of nitrogens with zero attached hydrogens (tertiary/aromatic N) is 5. The molecule has 1 aliphatic heterocycles. The summed E-state index contributed by atoms with van der Waals surface area (Å²) in [6.45, 7) is 2.46. The third-order valence-corrected chi connectivity index (χ3v) is 6.46. The molecule has 2 fully saturated rings. The van der Waals surface area contributed by atoms with Crippen LogP contribution in [-0.2, 0) is 4.79 Å². The van der Waals surface area contributed by atoms with Crippen molar-refractivity contribution >= 4 is 23.4 Å². The second-order valence-electron chi connectivity index (χ2n) is 7.51. The normalized spacial score (nSPS) is 20.0. The maximum atomic E-state index is 13.1. The van der Waals surface area contributed by atoms with Crippen molar-refractivity contribution < 1.29 is 9.18 Å². The lowest BCUT2D eigenvalue weighted by atomic mass is 10.1. The molecule has 4 rings (SSSR count). The lowest BCUT2D eigenvalue weighted by Crippen LogP contribution is -2.32. The van der Waals surface area contributed by atoms with Gasteiger partial charge in [0.25, 0.3) is 0 Å². The van der Waals surface area contributed by atoms with Gasteiger partial charge in [-0.3, -0.25) is 4.79 Å². The molecule has 0 spiro atoms. The Morgan fingerprint density at radius 1 is 1.21 bits per heavy atom. The van der Waals surface area contributed by atoms with E-state index >= 15 is 0 Å². The highest BCUT2D eigenvalue weighted by Gasteiger charge is 2.24. The molecular formula is C19H25FN6OS. The van der Waals surface area contributed by atoms with E-state index < -0.39 is 0 Å². The molecule has 2 aliphatic rings. The third kappa shape index (κ3) is 4.63. The van der Waals surface area contributed by atoms with Crippen molar-refractivity contribution in [2.24, 2.45) is 5.92 Å². The van der Waals surface area contributed by atoms with Crippen LogP contribution in [-0.4, -0.2) is 51.5 Å². The summed E-state index contributed by atoms with van der Waals surface area (Å²) in [6.07, 6.45) is 5.66. The van der Waals surface area contributed by atoms with Gasteiger partial charge in [-0.15, -0.1) is 5.10 Å². The minimum atomic E-state index is -0.219. The van der Waals surface area contributed by atoms with Gasteiger partial charge in [0.1, 0.15) is 5.82 Å². The summed E-state index contributed by atoms with van der Waals surface area (Å²) in [5, 5.41) is 15.7. The van der Waals surface area contributed by atoms with Crippen molar-refractivity contribution in [3.8, 4) is 0 Å². The van der Waals surface area contributed by atoms with Crippen LogP contribution in [0.1, 0.15) is 38.1 Å². The van der Waals surface area contributed by atoms with Gasteiger partial charge in [-0.2, -0.15) is 0 Å². The smallest absolute Gasteiger partial charge is 0.230 e. The molecule has 1 aromatic heterocycles. The molecule has 2 aromatic rings. The average molecular weight is 405 g/mol. The van der Waals surface area contributed by atoms with E-state index in [1.807, 2.05) is 16.8 Å². The lowest BCUT2D eigenvalue weighted by Gasteiger charge is -2.18. The number of hydrogen-bond acceptors (Lipinski definition) is 6. The predicted octanol–water partition coefficient (Wildman–Crippen LogP) is 2.66. The molecule has 0 radical (unpaired) electrons. The highest BCUT2D eigenvalue weighted by atomic mass is 32.2. The van der Waals surface area contributed by atoms with Crippen molar-refractivity contribution in [3.63, 3.8) is 0 Å². The second kappa shape index (κ2) is 8.89. The highest BCUT2D eigenvalue weighted by molar-refractivity contribution is 7.99. The summed E-state index contributed by atoms with van der Waals surface area (Å²) >= 11 is 1.40. The minimum absolute atomic E-state index is 0.00574. The fourth-order valence-electron chi connectivity index (χ4n) is 3.98. The molecule has 150 valence electrons. The predicted molar refractivity (Wildman–Crippen MR) is 106 cm³/mol. The second-order valence-corrected chi connectivity index (χ2v) is 8.46. The summed E-state index contributed by atoms with van der Waals surface area (Å²) in [7, 11) is 0. The number of aromatic nitrogens is 4. The molecule has 1 saturated heterocycles. The number of anilines is 1. The lowest BCUT2D eigenvalue weighted by molar-refractivity contribution is -0.118. The van der Waals surface area contributed by atoms with Crippen LogP contribution in [0, 0.1) is 11.7 Å². The van der Waals surface area contributed by atoms with E-state index in [4.69, 9.17) is 0 Å². The first-order valence-electron chi connectivity index (χ1n) is 9.87. The molecule has 2 heterocycles. The Kier molecular flexibility index (Phi) is 6.09. The third-order valence-electron chi connectivity index (χ3n) is 5.53. The van der Waals surface area contributed by atoms with E-state index in [-0.39, 0.29) is 11.7 Å². The summed E-state index contributed by atoms with van der Waals surface area (Å²) in [6, 6.07) is 6.96. The Bertz CT molecular complexity index is 792. The van der Waals surface area contributed by atoms with E-state index in [1.54, 1.807) is 0 Å². The number of hydrogen-bond donors (Lipinski definition) is 1. The monoisotopic (exact) mass is 404 g/mol. The number of nitrogens with one attached hydrogen (secondary N) is 1.